The Hall–Kier alpha value is -6.59. The highest BCUT2D eigenvalue weighted by Gasteiger charge is 2.46. The quantitative estimate of drug-likeness (QED) is 0.154. The molecule has 0 unspecified atom stereocenters. The number of carbonyl (C=O) groups excluding carboxylic acids is 11. The predicted octanol–water partition coefficient (Wildman–Crippen LogP) is 3.23. The van der Waals surface area contributed by atoms with Gasteiger partial charge in [0, 0.05) is 54.4 Å². The molecule has 4 N–H and O–H groups in total. The normalized spacial score (nSPS) is 26.0. The van der Waals surface area contributed by atoms with Crippen LogP contribution in [0.4, 0.5) is 0 Å². The summed E-state index contributed by atoms with van der Waals surface area (Å²) in [6.45, 7) is 24.6. The number of benzene rings is 1. The van der Waals surface area contributed by atoms with Gasteiger partial charge in [-0.2, -0.15) is 0 Å². The topological polar surface area (TPSA) is 274 Å². The number of ether oxygens (including phenoxy) is 2. The van der Waals surface area contributed by atoms with E-state index in [9.17, 15) is 38.4 Å². The van der Waals surface area contributed by atoms with Crippen molar-refractivity contribution in [3.8, 4) is 5.75 Å². The standard InChI is InChI=1S/C61H102N10O13Si/c1-21-38(9)51-53(74)62-33-47(73)67(13)49(36(5)6)54(75)64-43(31-41-26-28-42(83-17)29-27-41)61(82)84-40(11)56(77)71-30-24-23-25-44(71)57(78)68(14)50(37(7)8)55(76)65-48(35(3)4)59(80)66(12)45(32-46(72)63-34-85(18,19)20)58(79)70(16)52(39(10)22-2)60(81)69(51)15/h26-29,35-40,43-45,48-52H,21-25,30-34H2,1-20H3,(H,62,74)(H,63,72)(H,64,75)(H,65,76)/t38-,39+,40-,43+,44+,45+,48+,49+,50+,51+,52+/m1/s1. The number of nitrogens with one attached hydrogen (secondary N) is 4. The number of cyclic esters (lactones) is 1. The van der Waals surface area contributed by atoms with Crippen LogP contribution < -0.4 is 26.0 Å². The van der Waals surface area contributed by atoms with E-state index in [1.165, 1.54) is 73.8 Å². The molecule has 23 nitrogen and oxygen atoms in total. The highest BCUT2D eigenvalue weighted by atomic mass is 28.3. The van der Waals surface area contributed by atoms with E-state index in [4.69, 9.17) is 9.47 Å². The summed E-state index contributed by atoms with van der Waals surface area (Å²) in [6, 6.07) is -3.34. The van der Waals surface area contributed by atoms with Crippen LogP contribution in [0.1, 0.15) is 120 Å². The van der Waals surface area contributed by atoms with E-state index in [2.05, 4.69) is 40.9 Å². The Bertz CT molecular complexity index is 2520. The number of esters is 1. The van der Waals surface area contributed by atoms with Crippen LogP contribution in [0.15, 0.2) is 24.3 Å². The Labute approximate surface area is 506 Å². The first-order valence-electron chi connectivity index (χ1n) is 30.2. The van der Waals surface area contributed by atoms with Crippen molar-refractivity contribution in [3.63, 3.8) is 0 Å². The number of rotatable bonds is 14. The van der Waals surface area contributed by atoms with E-state index < -0.39 is 170 Å². The van der Waals surface area contributed by atoms with Crippen molar-refractivity contribution in [2.45, 2.75) is 195 Å². The third kappa shape index (κ3) is 19.2. The summed E-state index contributed by atoms with van der Waals surface area (Å²) >= 11 is 0. The molecule has 0 spiro atoms. The smallest absolute Gasteiger partial charge is 0.329 e. The van der Waals surface area contributed by atoms with Gasteiger partial charge < -0.3 is 60.1 Å². The number of carbonyl (C=O) groups is 11. The molecule has 0 radical (unpaired) electrons. The van der Waals surface area contributed by atoms with Crippen molar-refractivity contribution in [2.24, 2.45) is 29.6 Å². The zero-order chi connectivity index (χ0) is 64.7. The van der Waals surface area contributed by atoms with E-state index >= 15 is 14.4 Å². The Morgan fingerprint density at radius 2 is 1.18 bits per heavy atom. The molecule has 10 amide bonds. The van der Waals surface area contributed by atoms with Crippen molar-refractivity contribution in [3.05, 3.63) is 29.8 Å². The first-order chi connectivity index (χ1) is 39.6. The van der Waals surface area contributed by atoms with E-state index in [-0.39, 0.29) is 19.4 Å². The third-order valence-electron chi connectivity index (χ3n) is 16.6. The number of hydrogen-bond donors (Lipinski definition) is 4. The van der Waals surface area contributed by atoms with Gasteiger partial charge in [0.05, 0.1) is 28.1 Å². The molecule has 11 atom stereocenters. The molecular weight excluding hydrogens is 1110 g/mol. The van der Waals surface area contributed by atoms with Crippen LogP contribution in [-0.2, 0) is 63.9 Å². The van der Waals surface area contributed by atoms with Gasteiger partial charge in [-0.15, -0.1) is 0 Å². The van der Waals surface area contributed by atoms with E-state index in [1.54, 1.807) is 79.7 Å². The van der Waals surface area contributed by atoms with Crippen LogP contribution in [0.3, 0.4) is 0 Å². The van der Waals surface area contributed by atoms with Gasteiger partial charge in [0.1, 0.15) is 54.1 Å². The fraction of sp³-hybridized carbons (Fsp3) is 0.721. The van der Waals surface area contributed by atoms with Crippen LogP contribution >= 0.6 is 0 Å². The van der Waals surface area contributed by atoms with Gasteiger partial charge in [-0.3, -0.25) is 47.9 Å². The van der Waals surface area contributed by atoms with Gasteiger partial charge >= 0.3 is 5.97 Å². The Morgan fingerprint density at radius 3 is 1.71 bits per heavy atom. The predicted molar refractivity (Wildman–Crippen MR) is 326 cm³/mol. The summed E-state index contributed by atoms with van der Waals surface area (Å²) in [5, 5.41) is 11.3. The van der Waals surface area contributed by atoms with Crippen LogP contribution in [-0.4, -0.2) is 219 Å². The number of amides is 10. The number of piperidine rings is 1. The molecule has 2 aliphatic rings. The lowest BCUT2D eigenvalue weighted by molar-refractivity contribution is -0.165. The minimum Gasteiger partial charge on any atom is -0.497 e. The highest BCUT2D eigenvalue weighted by Crippen LogP contribution is 2.27. The summed E-state index contributed by atoms with van der Waals surface area (Å²) in [4.78, 5) is 168. The van der Waals surface area contributed by atoms with Crippen molar-refractivity contribution in [1.29, 1.82) is 0 Å². The number of likely N-dealkylation sites (N-methyl/N-ethyl adjacent to an activating group) is 5. The highest BCUT2D eigenvalue weighted by molar-refractivity contribution is 6.76. The number of nitrogens with zero attached hydrogens (tertiary/aromatic N) is 6. The Morgan fingerprint density at radius 1 is 0.647 bits per heavy atom. The van der Waals surface area contributed by atoms with Gasteiger partial charge in [0.2, 0.25) is 53.2 Å². The Balaban J connectivity index is 2.31. The van der Waals surface area contributed by atoms with Gasteiger partial charge in [0.25, 0.3) is 5.91 Å². The summed E-state index contributed by atoms with van der Waals surface area (Å²) in [5.41, 5.74) is 0.589. The average molecular weight is 1210 g/mol. The average Bonchev–Trinajstić information content (AvgIpc) is 2.75. The number of fused-ring (bicyclic) bond motifs is 1. The number of methoxy groups -OCH3 is 1. The molecule has 2 heterocycles. The molecule has 2 fully saturated rings. The van der Waals surface area contributed by atoms with Gasteiger partial charge in [0.15, 0.2) is 6.10 Å². The van der Waals surface area contributed by atoms with Crippen LogP contribution in [0.5, 0.6) is 5.75 Å². The summed E-state index contributed by atoms with van der Waals surface area (Å²) in [6.07, 6.45) is 0.379. The third-order valence-corrected chi connectivity index (χ3v) is 17.9. The monoisotopic (exact) mass is 1210 g/mol. The lowest BCUT2D eigenvalue weighted by Crippen LogP contribution is -2.63. The Kier molecular flexibility index (Phi) is 27.6. The van der Waals surface area contributed by atoms with E-state index in [1.807, 2.05) is 13.8 Å². The van der Waals surface area contributed by atoms with Crippen molar-refractivity contribution in [2.75, 3.05) is 61.6 Å². The lowest BCUT2D eigenvalue weighted by atomic mass is 9.92. The molecule has 85 heavy (non-hydrogen) atoms. The molecule has 2 saturated heterocycles. The lowest BCUT2D eigenvalue weighted by Gasteiger charge is -2.41. The largest absolute Gasteiger partial charge is 0.497 e. The summed E-state index contributed by atoms with van der Waals surface area (Å²) in [7, 11) is 6.69. The summed E-state index contributed by atoms with van der Waals surface area (Å²) < 4.78 is 11.2. The minimum absolute atomic E-state index is 0.108. The molecule has 0 bridgehead atoms. The van der Waals surface area contributed by atoms with Crippen LogP contribution in [0.2, 0.25) is 19.6 Å². The van der Waals surface area contributed by atoms with Crippen molar-refractivity contribution < 1.29 is 62.2 Å². The molecule has 2 aliphatic heterocycles. The molecule has 24 heteroatoms. The molecule has 1 aromatic carbocycles. The first-order valence-corrected chi connectivity index (χ1v) is 33.9. The molecule has 3 rings (SSSR count). The molecule has 478 valence electrons. The zero-order valence-electron chi connectivity index (χ0n) is 54.5. The maximum absolute atomic E-state index is 15.3. The van der Waals surface area contributed by atoms with Crippen LogP contribution in [0, 0.1) is 29.6 Å². The van der Waals surface area contributed by atoms with E-state index in [0.717, 1.165) is 4.90 Å². The molecule has 1 aromatic rings. The molecular formula is C61H102N10O13Si. The molecule has 0 aliphatic carbocycles. The van der Waals surface area contributed by atoms with Crippen molar-refractivity contribution in [1.82, 2.24) is 50.7 Å². The van der Waals surface area contributed by atoms with Gasteiger partial charge in [-0.25, -0.2) is 4.79 Å². The maximum Gasteiger partial charge on any atom is 0.329 e. The zero-order valence-corrected chi connectivity index (χ0v) is 55.5. The summed E-state index contributed by atoms with van der Waals surface area (Å²) in [5.74, 6) is -9.83. The van der Waals surface area contributed by atoms with Crippen LogP contribution in [0.25, 0.3) is 0 Å². The second-order valence-corrected chi connectivity index (χ2v) is 31.1. The molecule has 0 aromatic heterocycles. The number of hydrogen-bond acceptors (Lipinski definition) is 13. The first kappa shape index (κ1) is 72.7. The van der Waals surface area contributed by atoms with Gasteiger partial charge in [-0.05, 0) is 73.5 Å². The van der Waals surface area contributed by atoms with E-state index in [0.29, 0.717) is 43.2 Å². The van der Waals surface area contributed by atoms with Crippen molar-refractivity contribution >= 4 is 73.1 Å². The fourth-order valence-corrected chi connectivity index (χ4v) is 11.8. The molecule has 0 saturated carbocycles. The fourth-order valence-electron chi connectivity index (χ4n) is 11.1. The second-order valence-electron chi connectivity index (χ2n) is 25.6. The maximum atomic E-state index is 15.3. The second kappa shape index (κ2) is 32.2. The van der Waals surface area contributed by atoms with Gasteiger partial charge in [-0.1, -0.05) is 114 Å². The SMILES string of the molecule is CC[C@@H](C)[C@H]1C(=O)NCC(=O)N(C)[C@@H](C(C)C)C(=O)N[C@@H](Cc2ccc(OC)cc2)C(=O)O[C@H](C)C(=O)N2CCCC[C@H]2C(=O)N(C)[C@@H](C(C)C)C(=O)N[C@@H](C(C)C)C(=O)N(C)[C@@H](CC(=O)NC[Si](C)(C)C)C(=O)N(C)[C@@H]([C@@H](C)CC)C(=O)N1C. The minimum atomic E-state index is -1.88.